The maximum Gasteiger partial charge on any atom is 0.337 e. The van der Waals surface area contributed by atoms with Gasteiger partial charge in [0.2, 0.25) is 10.0 Å². The molecule has 0 atom stereocenters. The second kappa shape index (κ2) is 5.78. The van der Waals surface area contributed by atoms with Crippen molar-refractivity contribution < 1.29 is 23.2 Å². The number of rotatable bonds is 4. The summed E-state index contributed by atoms with van der Waals surface area (Å²) in [7, 11) is -3.95. The van der Waals surface area contributed by atoms with E-state index >= 15 is 0 Å². The van der Waals surface area contributed by atoms with Crippen LogP contribution >= 0.6 is 0 Å². The van der Waals surface area contributed by atoms with Gasteiger partial charge in [-0.3, -0.25) is 10.1 Å². The number of nitrogens with zero attached hydrogens (tertiary/aromatic N) is 2. The third-order valence-corrected chi connectivity index (χ3v) is 5.29. The van der Waals surface area contributed by atoms with Crippen LogP contribution in [0.25, 0.3) is 0 Å². The molecule has 0 bridgehead atoms. The Morgan fingerprint density at radius 2 is 1.86 bits per heavy atom. The number of carboxylic acid groups (broad SMARTS) is 1. The lowest BCUT2D eigenvalue weighted by Crippen LogP contribution is -2.36. The van der Waals surface area contributed by atoms with Gasteiger partial charge < -0.3 is 5.11 Å². The van der Waals surface area contributed by atoms with Crippen molar-refractivity contribution in [3.8, 4) is 0 Å². The van der Waals surface area contributed by atoms with E-state index in [9.17, 15) is 23.3 Å². The summed E-state index contributed by atoms with van der Waals surface area (Å²) in [5.41, 5.74) is -1.03. The number of hydrogen-bond acceptors (Lipinski definition) is 5. The minimum Gasteiger partial charge on any atom is -0.478 e. The molecule has 1 aromatic carbocycles. The number of carboxylic acids is 1. The van der Waals surface area contributed by atoms with Crippen molar-refractivity contribution in [2.24, 2.45) is 0 Å². The topological polar surface area (TPSA) is 118 Å². The summed E-state index contributed by atoms with van der Waals surface area (Å²) in [5.74, 6) is -1.51. The minimum absolute atomic E-state index is 0.332. The van der Waals surface area contributed by atoms with E-state index in [0.717, 1.165) is 24.6 Å². The van der Waals surface area contributed by atoms with Crippen LogP contribution in [0.4, 0.5) is 5.69 Å². The highest BCUT2D eigenvalue weighted by atomic mass is 32.2. The third kappa shape index (κ3) is 3.03. The van der Waals surface area contributed by atoms with Crippen LogP contribution in [0.15, 0.2) is 23.1 Å². The lowest BCUT2D eigenvalue weighted by molar-refractivity contribution is -0.384. The van der Waals surface area contributed by atoms with Crippen LogP contribution in [0.3, 0.4) is 0 Å². The SMILES string of the molecule is O=C(O)c1cc([N+](=O)[O-])ccc1S(=O)(=O)N1CCCCC1. The zero-order chi connectivity index (χ0) is 15.6. The van der Waals surface area contributed by atoms with Gasteiger partial charge in [-0.05, 0) is 18.9 Å². The summed E-state index contributed by atoms with van der Waals surface area (Å²) in [6.45, 7) is 0.663. The van der Waals surface area contributed by atoms with Crippen LogP contribution < -0.4 is 0 Å². The van der Waals surface area contributed by atoms with Gasteiger partial charge in [0.1, 0.15) is 0 Å². The van der Waals surface area contributed by atoms with Gasteiger partial charge in [0.25, 0.3) is 5.69 Å². The quantitative estimate of drug-likeness (QED) is 0.664. The number of nitro groups is 1. The average molecular weight is 314 g/mol. The number of piperidine rings is 1. The molecule has 21 heavy (non-hydrogen) atoms. The first-order chi connectivity index (χ1) is 9.84. The van der Waals surface area contributed by atoms with Gasteiger partial charge in [-0.2, -0.15) is 4.31 Å². The maximum atomic E-state index is 12.5. The summed E-state index contributed by atoms with van der Waals surface area (Å²) in [5, 5.41) is 19.8. The highest BCUT2D eigenvalue weighted by molar-refractivity contribution is 7.89. The molecule has 0 aromatic heterocycles. The highest BCUT2D eigenvalue weighted by Crippen LogP contribution is 2.26. The van der Waals surface area contributed by atoms with Crippen LogP contribution in [-0.2, 0) is 10.0 Å². The predicted molar refractivity (Wildman–Crippen MR) is 72.7 cm³/mol. The normalized spacial score (nSPS) is 16.6. The van der Waals surface area contributed by atoms with Crippen molar-refractivity contribution in [1.29, 1.82) is 0 Å². The van der Waals surface area contributed by atoms with E-state index in [-0.39, 0.29) is 0 Å². The van der Waals surface area contributed by atoms with Gasteiger partial charge in [-0.1, -0.05) is 6.42 Å². The molecule has 1 heterocycles. The average Bonchev–Trinajstić information content (AvgIpc) is 2.47. The molecule has 0 aliphatic carbocycles. The van der Waals surface area contributed by atoms with Crippen molar-refractivity contribution in [3.63, 3.8) is 0 Å². The molecule has 2 rings (SSSR count). The fourth-order valence-corrected chi connectivity index (χ4v) is 3.95. The summed E-state index contributed by atoms with van der Waals surface area (Å²) < 4.78 is 26.2. The van der Waals surface area contributed by atoms with E-state index in [1.165, 1.54) is 4.31 Å². The molecule has 1 aliphatic rings. The van der Waals surface area contributed by atoms with Crippen molar-refractivity contribution in [2.75, 3.05) is 13.1 Å². The van der Waals surface area contributed by atoms with Crippen molar-refractivity contribution >= 4 is 21.7 Å². The number of benzene rings is 1. The molecule has 8 nitrogen and oxygen atoms in total. The Labute approximate surface area is 121 Å². The zero-order valence-corrected chi connectivity index (χ0v) is 11.9. The Morgan fingerprint density at radius 3 is 2.38 bits per heavy atom. The third-order valence-electron chi connectivity index (χ3n) is 3.34. The molecule has 1 N–H and O–H groups in total. The zero-order valence-electron chi connectivity index (χ0n) is 11.1. The maximum absolute atomic E-state index is 12.5. The van der Waals surface area contributed by atoms with Crippen LogP contribution in [0.2, 0.25) is 0 Å². The predicted octanol–water partition coefficient (Wildman–Crippen LogP) is 1.47. The lowest BCUT2D eigenvalue weighted by atomic mass is 10.2. The number of non-ortho nitro benzene ring substituents is 1. The molecule has 0 amide bonds. The molecular weight excluding hydrogens is 300 g/mol. The highest BCUT2D eigenvalue weighted by Gasteiger charge is 2.31. The van der Waals surface area contributed by atoms with Gasteiger partial charge >= 0.3 is 5.97 Å². The Morgan fingerprint density at radius 1 is 1.24 bits per heavy atom. The molecule has 114 valence electrons. The first-order valence-corrected chi connectivity index (χ1v) is 7.80. The minimum atomic E-state index is -3.95. The van der Waals surface area contributed by atoms with Gasteiger partial charge in [0.05, 0.1) is 15.4 Å². The van der Waals surface area contributed by atoms with Gasteiger partial charge in [0, 0.05) is 25.2 Å². The molecule has 1 aromatic rings. The number of hydrogen-bond donors (Lipinski definition) is 1. The van der Waals surface area contributed by atoms with Crippen molar-refractivity contribution in [2.45, 2.75) is 24.2 Å². The van der Waals surface area contributed by atoms with E-state index in [0.29, 0.717) is 25.9 Å². The molecule has 0 unspecified atom stereocenters. The van der Waals surface area contributed by atoms with Crippen LogP contribution in [0.5, 0.6) is 0 Å². The van der Waals surface area contributed by atoms with Crippen molar-refractivity contribution in [3.05, 3.63) is 33.9 Å². The monoisotopic (exact) mass is 314 g/mol. The van der Waals surface area contributed by atoms with Gasteiger partial charge in [-0.15, -0.1) is 0 Å². The summed E-state index contributed by atoms with van der Waals surface area (Å²) in [4.78, 5) is 20.8. The first-order valence-electron chi connectivity index (χ1n) is 6.36. The molecular formula is C12H14N2O6S. The Bertz CT molecular complexity index is 679. The van der Waals surface area contributed by atoms with Gasteiger partial charge in [0.15, 0.2) is 0 Å². The fourth-order valence-electron chi connectivity index (χ4n) is 2.27. The molecule has 1 fully saturated rings. The molecule has 0 saturated carbocycles. The molecule has 0 radical (unpaired) electrons. The van der Waals surface area contributed by atoms with Crippen molar-refractivity contribution in [1.82, 2.24) is 4.31 Å². The number of carbonyl (C=O) groups is 1. The van der Waals surface area contributed by atoms with Crippen LogP contribution in [0, 0.1) is 10.1 Å². The Hall–Kier alpha value is -2.00. The number of sulfonamides is 1. The van der Waals surface area contributed by atoms with Crippen LogP contribution in [-0.4, -0.2) is 41.8 Å². The van der Waals surface area contributed by atoms with E-state index in [1.807, 2.05) is 0 Å². The largest absolute Gasteiger partial charge is 0.478 e. The number of aromatic carboxylic acids is 1. The van der Waals surface area contributed by atoms with Crippen LogP contribution in [0.1, 0.15) is 29.6 Å². The first kappa shape index (κ1) is 15.4. The van der Waals surface area contributed by atoms with E-state index in [4.69, 9.17) is 5.11 Å². The summed E-state index contributed by atoms with van der Waals surface area (Å²) >= 11 is 0. The van der Waals surface area contributed by atoms with E-state index < -0.39 is 37.1 Å². The Balaban J connectivity index is 2.51. The fraction of sp³-hybridized carbons (Fsp3) is 0.417. The second-order valence-corrected chi connectivity index (χ2v) is 6.61. The second-order valence-electron chi connectivity index (χ2n) is 4.71. The van der Waals surface area contributed by atoms with E-state index in [2.05, 4.69) is 0 Å². The summed E-state index contributed by atoms with van der Waals surface area (Å²) in [6.07, 6.45) is 2.36. The smallest absolute Gasteiger partial charge is 0.337 e. The summed E-state index contributed by atoms with van der Waals surface area (Å²) in [6, 6.07) is 2.77. The van der Waals surface area contributed by atoms with Gasteiger partial charge in [-0.25, -0.2) is 13.2 Å². The standard InChI is InChI=1S/C12H14N2O6S/c15-12(16)10-8-9(14(17)18)4-5-11(10)21(19,20)13-6-2-1-3-7-13/h4-5,8H,1-3,6-7H2,(H,15,16). The number of nitro benzene ring substituents is 1. The molecule has 1 aliphatic heterocycles. The lowest BCUT2D eigenvalue weighted by Gasteiger charge is -2.26. The Kier molecular flexibility index (Phi) is 4.24. The molecule has 9 heteroatoms. The molecule has 0 spiro atoms. The van der Waals surface area contributed by atoms with E-state index in [1.54, 1.807) is 0 Å². The molecule has 1 saturated heterocycles.